The van der Waals surface area contributed by atoms with Gasteiger partial charge in [-0.05, 0) is 33.6 Å². The van der Waals surface area contributed by atoms with Crippen LogP contribution in [-0.4, -0.2) is 38.1 Å². The van der Waals surface area contributed by atoms with Gasteiger partial charge in [0.2, 0.25) is 0 Å². The highest BCUT2D eigenvalue weighted by Gasteiger charge is 2.22. The van der Waals surface area contributed by atoms with E-state index >= 15 is 0 Å². The highest BCUT2D eigenvalue weighted by Crippen LogP contribution is 2.28. The van der Waals surface area contributed by atoms with Crippen LogP contribution in [-0.2, 0) is 16.4 Å². The number of nitrogens with zero attached hydrogens (tertiary/aromatic N) is 1. The van der Waals surface area contributed by atoms with E-state index in [4.69, 9.17) is 5.11 Å². The molecule has 0 saturated carbocycles. The van der Waals surface area contributed by atoms with Gasteiger partial charge in [0.1, 0.15) is 0 Å². The first kappa shape index (κ1) is 12.9. The highest BCUT2D eigenvalue weighted by molar-refractivity contribution is 9.10. The van der Waals surface area contributed by atoms with Gasteiger partial charge in [0, 0.05) is 17.6 Å². The van der Waals surface area contributed by atoms with Gasteiger partial charge < -0.3 is 10.0 Å². The molecule has 0 bridgehead atoms. The zero-order valence-electron chi connectivity index (χ0n) is 9.26. The van der Waals surface area contributed by atoms with Crippen LogP contribution in [0.15, 0.2) is 22.7 Å². The summed E-state index contributed by atoms with van der Waals surface area (Å²) in [5.41, 5.74) is 1.82. The number of aliphatic hydroxyl groups excluding tert-OH is 1. The summed E-state index contributed by atoms with van der Waals surface area (Å²) >= 11 is 3.45. The molecule has 0 aliphatic carbocycles. The molecule has 0 radical (unpaired) electrons. The molecule has 94 valence electrons. The molecule has 1 N–H and O–H groups in total. The number of sulfone groups is 1. The molecular weight excluding hydrogens is 306 g/mol. The van der Waals surface area contributed by atoms with Crippen molar-refractivity contribution in [3.05, 3.63) is 28.2 Å². The van der Waals surface area contributed by atoms with E-state index in [2.05, 4.69) is 15.9 Å². The molecule has 1 aliphatic rings. The average Bonchev–Trinajstić information content (AvgIpc) is 2.29. The molecule has 1 heterocycles. The Balaban J connectivity index is 2.19. The van der Waals surface area contributed by atoms with E-state index in [0.29, 0.717) is 13.1 Å². The van der Waals surface area contributed by atoms with E-state index in [1.54, 1.807) is 0 Å². The lowest BCUT2D eigenvalue weighted by Crippen LogP contribution is -2.40. The van der Waals surface area contributed by atoms with Crippen molar-refractivity contribution in [3.8, 4) is 0 Å². The molecule has 0 atom stereocenters. The van der Waals surface area contributed by atoms with Gasteiger partial charge in [-0.25, -0.2) is 8.42 Å². The van der Waals surface area contributed by atoms with Crippen molar-refractivity contribution >= 4 is 31.5 Å². The van der Waals surface area contributed by atoms with Gasteiger partial charge in [-0.3, -0.25) is 0 Å². The van der Waals surface area contributed by atoms with Crippen molar-refractivity contribution in [2.75, 3.05) is 29.5 Å². The van der Waals surface area contributed by atoms with Crippen LogP contribution in [0.2, 0.25) is 0 Å². The lowest BCUT2D eigenvalue weighted by Gasteiger charge is -2.29. The molecule has 1 fully saturated rings. The molecule has 1 aliphatic heterocycles. The van der Waals surface area contributed by atoms with Crippen LogP contribution in [0.25, 0.3) is 0 Å². The summed E-state index contributed by atoms with van der Waals surface area (Å²) in [7, 11) is -2.85. The zero-order chi connectivity index (χ0) is 12.5. The molecule has 1 aromatic rings. The van der Waals surface area contributed by atoms with Crippen LogP contribution >= 0.6 is 15.9 Å². The van der Waals surface area contributed by atoms with Crippen LogP contribution in [0.4, 0.5) is 5.69 Å². The Labute approximate surface area is 109 Å². The summed E-state index contributed by atoms with van der Waals surface area (Å²) in [6.07, 6.45) is 0. The van der Waals surface area contributed by atoms with Crippen molar-refractivity contribution in [3.63, 3.8) is 0 Å². The third kappa shape index (κ3) is 3.00. The van der Waals surface area contributed by atoms with Gasteiger partial charge in [0.15, 0.2) is 9.84 Å². The number of anilines is 1. The molecule has 0 aromatic heterocycles. The smallest absolute Gasteiger partial charge is 0.153 e. The fourth-order valence-corrected chi connectivity index (χ4v) is 3.74. The van der Waals surface area contributed by atoms with Gasteiger partial charge in [-0.15, -0.1) is 0 Å². The molecule has 17 heavy (non-hydrogen) atoms. The Morgan fingerprint density at radius 1 is 1.29 bits per heavy atom. The van der Waals surface area contributed by atoms with Crippen LogP contribution < -0.4 is 4.90 Å². The Morgan fingerprint density at radius 3 is 2.47 bits per heavy atom. The third-order valence-corrected chi connectivity index (χ3v) is 5.12. The van der Waals surface area contributed by atoms with E-state index in [0.717, 1.165) is 15.7 Å². The Bertz CT molecular complexity index is 501. The van der Waals surface area contributed by atoms with Crippen LogP contribution in [0.3, 0.4) is 0 Å². The first-order valence-corrected chi connectivity index (χ1v) is 7.98. The fourth-order valence-electron chi connectivity index (χ4n) is 1.86. The second kappa shape index (κ2) is 4.96. The highest BCUT2D eigenvalue weighted by atomic mass is 79.9. The minimum Gasteiger partial charge on any atom is -0.392 e. The van der Waals surface area contributed by atoms with E-state index in [1.807, 2.05) is 23.1 Å². The molecule has 0 amide bonds. The first-order chi connectivity index (χ1) is 8.02. The summed E-state index contributed by atoms with van der Waals surface area (Å²) in [5.74, 6) is 0.419. The Hall–Kier alpha value is -0.590. The predicted octanol–water partition coefficient (Wildman–Crippen LogP) is 1.18. The average molecular weight is 320 g/mol. The van der Waals surface area contributed by atoms with Gasteiger partial charge in [0.05, 0.1) is 23.8 Å². The molecule has 0 unspecified atom stereocenters. The van der Waals surface area contributed by atoms with Gasteiger partial charge >= 0.3 is 0 Å². The van der Waals surface area contributed by atoms with Crippen molar-refractivity contribution in [1.29, 1.82) is 0 Å². The van der Waals surface area contributed by atoms with Crippen molar-refractivity contribution in [2.24, 2.45) is 0 Å². The van der Waals surface area contributed by atoms with Gasteiger partial charge in [-0.2, -0.15) is 0 Å². The van der Waals surface area contributed by atoms with Gasteiger partial charge in [0.25, 0.3) is 0 Å². The Morgan fingerprint density at radius 2 is 1.94 bits per heavy atom. The van der Waals surface area contributed by atoms with Gasteiger partial charge in [-0.1, -0.05) is 6.07 Å². The van der Waals surface area contributed by atoms with E-state index in [1.165, 1.54) is 0 Å². The minimum atomic E-state index is -2.85. The number of hydrogen-bond donors (Lipinski definition) is 1. The monoisotopic (exact) mass is 319 g/mol. The number of aliphatic hydroxyl groups is 1. The normalized spacial score (nSPS) is 19.3. The lowest BCUT2D eigenvalue weighted by molar-refractivity contribution is 0.282. The van der Waals surface area contributed by atoms with Crippen LogP contribution in [0.1, 0.15) is 5.56 Å². The maximum atomic E-state index is 11.3. The molecule has 1 aromatic carbocycles. The Kier molecular flexibility index (Phi) is 3.75. The van der Waals surface area contributed by atoms with Crippen molar-refractivity contribution in [1.82, 2.24) is 0 Å². The predicted molar refractivity (Wildman–Crippen MR) is 70.9 cm³/mol. The number of halogens is 1. The summed E-state index contributed by atoms with van der Waals surface area (Å²) < 4.78 is 23.6. The van der Waals surface area contributed by atoms with Crippen molar-refractivity contribution in [2.45, 2.75) is 6.61 Å². The lowest BCUT2D eigenvalue weighted by atomic mass is 10.2. The summed E-state index contributed by atoms with van der Waals surface area (Å²) in [6.45, 7) is 1.06. The topological polar surface area (TPSA) is 57.6 Å². The molecule has 1 saturated heterocycles. The largest absolute Gasteiger partial charge is 0.392 e. The van der Waals surface area contributed by atoms with Crippen LogP contribution in [0, 0.1) is 0 Å². The molecule has 2 rings (SSSR count). The summed E-state index contributed by atoms with van der Waals surface area (Å²) in [6, 6.07) is 5.62. The number of rotatable bonds is 2. The quantitative estimate of drug-likeness (QED) is 0.889. The van der Waals surface area contributed by atoms with E-state index < -0.39 is 9.84 Å². The maximum absolute atomic E-state index is 11.3. The third-order valence-electron chi connectivity index (χ3n) is 2.88. The maximum Gasteiger partial charge on any atom is 0.153 e. The SMILES string of the molecule is O=S1(=O)CCN(c2ccc(CO)cc2Br)CC1. The summed E-state index contributed by atoms with van der Waals surface area (Å²) in [5, 5.41) is 9.02. The van der Waals surface area contributed by atoms with E-state index in [9.17, 15) is 8.42 Å². The van der Waals surface area contributed by atoms with Crippen LogP contribution in [0.5, 0.6) is 0 Å². The standard InChI is InChI=1S/C11H14BrNO3S/c12-10-7-9(8-14)1-2-11(10)13-3-5-17(15,16)6-4-13/h1-2,7,14H,3-6,8H2. The second-order valence-electron chi connectivity index (χ2n) is 4.08. The molecule has 6 heteroatoms. The zero-order valence-corrected chi connectivity index (χ0v) is 11.7. The fraction of sp³-hybridized carbons (Fsp3) is 0.455. The molecule has 0 spiro atoms. The molecule has 4 nitrogen and oxygen atoms in total. The summed E-state index contributed by atoms with van der Waals surface area (Å²) in [4.78, 5) is 2.05. The first-order valence-electron chi connectivity index (χ1n) is 5.36. The van der Waals surface area contributed by atoms with Crippen molar-refractivity contribution < 1.29 is 13.5 Å². The minimum absolute atomic E-state index is 0.00720. The van der Waals surface area contributed by atoms with E-state index in [-0.39, 0.29) is 18.1 Å². The number of benzene rings is 1. The number of hydrogen-bond acceptors (Lipinski definition) is 4. The second-order valence-corrected chi connectivity index (χ2v) is 7.24. The molecular formula is C11H14BrNO3S.